The Morgan fingerprint density at radius 2 is 1.79 bits per heavy atom. The topological polar surface area (TPSA) is 21.3 Å². The molecule has 2 aliphatic carbocycles. The molecule has 174 valence electrons. The largest absolute Gasteiger partial charge is 0.497 e. The van der Waals surface area contributed by atoms with Gasteiger partial charge in [-0.2, -0.15) is 0 Å². The van der Waals surface area contributed by atoms with Crippen molar-refractivity contribution in [3.8, 4) is 5.75 Å². The Labute approximate surface area is 205 Å². The second-order valence-corrected chi connectivity index (χ2v) is 10.1. The summed E-state index contributed by atoms with van der Waals surface area (Å²) in [6.45, 7) is 6.67. The third-order valence-electron chi connectivity index (χ3n) is 7.23. The lowest BCUT2D eigenvalue weighted by Gasteiger charge is -2.24. The normalized spacial score (nSPS) is 15.3. The van der Waals surface area contributed by atoms with Crippen molar-refractivity contribution in [2.24, 2.45) is 5.92 Å². The van der Waals surface area contributed by atoms with Gasteiger partial charge in [0.05, 0.1) is 7.11 Å². The summed E-state index contributed by atoms with van der Waals surface area (Å²) in [5.41, 5.74) is 10.4. The Hall–Kier alpha value is -3.02. The quantitative estimate of drug-likeness (QED) is 0.360. The van der Waals surface area contributed by atoms with E-state index < -0.39 is 0 Å². The van der Waals surface area contributed by atoms with Crippen LogP contribution in [0, 0.1) is 18.1 Å². The van der Waals surface area contributed by atoms with Crippen LogP contribution >= 0.6 is 0 Å². The lowest BCUT2D eigenvalue weighted by Crippen LogP contribution is -2.19. The van der Waals surface area contributed by atoms with Crippen LogP contribution in [0.1, 0.15) is 72.4 Å². The van der Waals surface area contributed by atoms with Crippen molar-refractivity contribution in [1.82, 2.24) is 5.32 Å². The molecule has 0 aromatic heterocycles. The molecule has 0 radical (unpaired) electrons. The van der Waals surface area contributed by atoms with Gasteiger partial charge in [-0.15, -0.1) is 0 Å². The molecule has 3 aromatic carbocycles. The fourth-order valence-electron chi connectivity index (χ4n) is 4.92. The number of hydrogen-bond donors (Lipinski definition) is 1. The lowest BCUT2D eigenvalue weighted by atomic mass is 9.79. The number of methoxy groups -OCH3 is 1. The molecule has 0 amide bonds. The van der Waals surface area contributed by atoms with E-state index in [2.05, 4.69) is 85.9 Å². The molecule has 3 aromatic rings. The minimum atomic E-state index is 0.538. The number of hydrogen-bond acceptors (Lipinski definition) is 2. The van der Waals surface area contributed by atoms with E-state index in [1.165, 1.54) is 51.8 Å². The zero-order valence-electron chi connectivity index (χ0n) is 20.7. The molecule has 34 heavy (non-hydrogen) atoms. The van der Waals surface area contributed by atoms with E-state index >= 15 is 0 Å². The molecular formula is C32H35NO. The number of aryl methyl sites for hydroxylation is 1. The summed E-state index contributed by atoms with van der Waals surface area (Å²) in [6.07, 6.45) is 5.82. The summed E-state index contributed by atoms with van der Waals surface area (Å²) in [5, 5.41) is 3.58. The van der Waals surface area contributed by atoms with Crippen LogP contribution in [0.4, 0.5) is 0 Å². The number of nitrogens with one attached hydrogen (secondary N) is 1. The molecule has 1 saturated carbocycles. The van der Waals surface area contributed by atoms with Gasteiger partial charge in [-0.1, -0.05) is 56.3 Å². The number of benzene rings is 2. The van der Waals surface area contributed by atoms with E-state index in [9.17, 15) is 0 Å². The van der Waals surface area contributed by atoms with Crippen molar-refractivity contribution in [1.29, 1.82) is 0 Å². The van der Waals surface area contributed by atoms with Crippen LogP contribution in [0.2, 0.25) is 0 Å². The standard InChI is InChI=1S/C32H35NO/c1-22(2)25-10-12-26(13-11-25)30-16-14-28-20-29(34-3)15-17-31(28)32(30)27-8-6-23(7-9-27)18-19-33-21-24-4-5-24/h6,8,10-13,15,17,20,22,24,33H,4-5,14,16,18-19,21H2,1-3H3. The highest BCUT2D eigenvalue weighted by Crippen LogP contribution is 2.41. The van der Waals surface area contributed by atoms with Crippen LogP contribution in [0.5, 0.6) is 5.75 Å². The predicted molar refractivity (Wildman–Crippen MR) is 141 cm³/mol. The van der Waals surface area contributed by atoms with Crippen molar-refractivity contribution >= 4 is 11.1 Å². The first-order valence-electron chi connectivity index (χ1n) is 12.8. The van der Waals surface area contributed by atoms with Gasteiger partial charge in [0.2, 0.25) is 0 Å². The van der Waals surface area contributed by atoms with Crippen LogP contribution in [-0.2, 0) is 12.8 Å². The van der Waals surface area contributed by atoms with Crippen LogP contribution in [-0.4, -0.2) is 20.2 Å². The van der Waals surface area contributed by atoms with Gasteiger partial charge in [-0.25, -0.2) is 0 Å². The van der Waals surface area contributed by atoms with E-state index in [-0.39, 0.29) is 0 Å². The third-order valence-corrected chi connectivity index (χ3v) is 7.23. The van der Waals surface area contributed by atoms with Crippen LogP contribution in [0.25, 0.3) is 11.1 Å². The first kappa shape index (κ1) is 22.8. The van der Waals surface area contributed by atoms with E-state index in [0.29, 0.717) is 5.92 Å². The highest BCUT2D eigenvalue weighted by molar-refractivity contribution is 6.00. The molecule has 0 heterocycles. The molecule has 0 unspecified atom stereocenters. The second-order valence-electron chi connectivity index (χ2n) is 10.1. The van der Waals surface area contributed by atoms with Gasteiger partial charge >= 0.3 is 0 Å². The monoisotopic (exact) mass is 449 g/mol. The Morgan fingerprint density at radius 1 is 0.971 bits per heavy atom. The maximum atomic E-state index is 5.51. The highest BCUT2D eigenvalue weighted by atomic mass is 16.5. The number of ether oxygens (including phenoxy) is 1. The van der Waals surface area contributed by atoms with Crippen molar-refractivity contribution in [2.45, 2.75) is 51.9 Å². The minimum Gasteiger partial charge on any atom is -0.497 e. The molecule has 0 aliphatic heterocycles. The summed E-state index contributed by atoms with van der Waals surface area (Å²) in [4.78, 5) is 0. The fraction of sp³-hybridized carbons (Fsp3) is 0.375. The lowest BCUT2D eigenvalue weighted by molar-refractivity contribution is 0.414. The summed E-state index contributed by atoms with van der Waals surface area (Å²) in [7, 11) is 1.74. The molecule has 2 nitrogen and oxygen atoms in total. The first-order valence-corrected chi connectivity index (χ1v) is 12.8. The maximum absolute atomic E-state index is 5.51. The highest BCUT2D eigenvalue weighted by Gasteiger charge is 2.23. The van der Waals surface area contributed by atoms with Crippen LogP contribution in [0.3, 0.4) is 0 Å². The molecular weight excluding hydrogens is 414 g/mol. The fourth-order valence-corrected chi connectivity index (χ4v) is 4.92. The Morgan fingerprint density at radius 3 is 2.47 bits per heavy atom. The summed E-state index contributed by atoms with van der Waals surface area (Å²) in [6, 6.07) is 27.1. The molecule has 0 bridgehead atoms. The van der Waals surface area contributed by atoms with Gasteiger partial charge in [0.25, 0.3) is 0 Å². The van der Waals surface area contributed by atoms with E-state index in [0.717, 1.165) is 49.6 Å². The van der Waals surface area contributed by atoms with E-state index in [1.807, 2.05) is 0 Å². The third kappa shape index (κ3) is 5.06. The molecule has 1 N–H and O–H groups in total. The molecule has 0 spiro atoms. The van der Waals surface area contributed by atoms with E-state index in [1.54, 1.807) is 7.11 Å². The summed E-state index contributed by atoms with van der Waals surface area (Å²) >= 11 is 0. The van der Waals surface area contributed by atoms with Crippen molar-refractivity contribution in [2.75, 3.05) is 20.2 Å². The average molecular weight is 450 g/mol. The van der Waals surface area contributed by atoms with Crippen molar-refractivity contribution in [3.63, 3.8) is 0 Å². The minimum absolute atomic E-state index is 0.538. The number of allylic oxidation sites excluding steroid dienone is 1. The number of fused-ring (bicyclic) bond motifs is 1. The van der Waals surface area contributed by atoms with Gasteiger partial charge in [-0.05, 0) is 109 Å². The Bertz CT molecular complexity index is 1150. The molecule has 2 aliphatic rings. The number of rotatable bonds is 9. The van der Waals surface area contributed by atoms with E-state index in [4.69, 9.17) is 4.74 Å². The SMILES string of the molecule is COc1ccc2c(c1)CCC(c1ccc(C(C)C)cc1)=C2c1c#cc(CCNCC2CC2)cc1. The molecule has 2 heteroatoms. The van der Waals surface area contributed by atoms with Crippen LogP contribution in [0.15, 0.2) is 54.6 Å². The van der Waals surface area contributed by atoms with Crippen molar-refractivity contribution in [3.05, 3.63) is 100 Å². The van der Waals surface area contributed by atoms with Gasteiger partial charge in [0, 0.05) is 16.7 Å². The van der Waals surface area contributed by atoms with Gasteiger partial charge in [-0.3, -0.25) is 0 Å². The first-order chi connectivity index (χ1) is 16.6. The molecule has 1 fully saturated rings. The zero-order valence-corrected chi connectivity index (χ0v) is 20.7. The van der Waals surface area contributed by atoms with Crippen LogP contribution < -0.4 is 10.1 Å². The summed E-state index contributed by atoms with van der Waals surface area (Å²) in [5.74, 6) is 2.38. The Kier molecular flexibility index (Phi) is 6.75. The zero-order chi connectivity index (χ0) is 23.5. The Balaban J connectivity index is 1.47. The maximum Gasteiger partial charge on any atom is 0.119 e. The summed E-state index contributed by atoms with van der Waals surface area (Å²) < 4.78 is 5.51. The van der Waals surface area contributed by atoms with Gasteiger partial charge < -0.3 is 10.1 Å². The predicted octanol–water partition coefficient (Wildman–Crippen LogP) is 6.87. The van der Waals surface area contributed by atoms with Gasteiger partial charge in [0.1, 0.15) is 5.75 Å². The van der Waals surface area contributed by atoms with Crippen molar-refractivity contribution < 1.29 is 4.74 Å². The molecule has 0 saturated heterocycles. The smallest absolute Gasteiger partial charge is 0.119 e. The average Bonchev–Trinajstić information content (AvgIpc) is 3.70. The molecule has 0 atom stereocenters. The van der Waals surface area contributed by atoms with Gasteiger partial charge in [0.15, 0.2) is 0 Å². The second kappa shape index (κ2) is 10.1. The molecule has 5 rings (SSSR count).